The van der Waals surface area contributed by atoms with Crippen molar-refractivity contribution in [3.05, 3.63) is 69.1 Å². The van der Waals surface area contributed by atoms with Crippen molar-refractivity contribution in [2.45, 2.75) is 13.2 Å². The molecule has 3 aromatic rings. The molecule has 0 amide bonds. The van der Waals surface area contributed by atoms with E-state index in [1.165, 1.54) is 9.78 Å². The highest BCUT2D eigenvalue weighted by Crippen LogP contribution is 2.20. The van der Waals surface area contributed by atoms with Gasteiger partial charge in [0.2, 0.25) is 4.77 Å². The lowest BCUT2D eigenvalue weighted by Gasteiger charge is -2.16. The second-order valence-electron chi connectivity index (χ2n) is 5.29. The molecule has 2 aromatic heterocycles. The van der Waals surface area contributed by atoms with Crippen molar-refractivity contribution in [3.8, 4) is 5.69 Å². The standard InChI is InChI=1S/C16H16ClN5S2/c1-2-10-20(11-14-8-9-15(17)24-14)12-21-16(23)22(19-18-21)13-6-4-3-5-7-13/h2-9H,1,10-12H2/p+1. The van der Waals surface area contributed by atoms with Crippen molar-refractivity contribution in [1.29, 1.82) is 0 Å². The molecule has 1 aromatic carbocycles. The van der Waals surface area contributed by atoms with Crippen LogP contribution < -0.4 is 4.90 Å². The number of nitrogens with one attached hydrogen (secondary N) is 1. The Labute approximate surface area is 154 Å². The molecule has 0 aliphatic carbocycles. The van der Waals surface area contributed by atoms with Gasteiger partial charge in [0.25, 0.3) is 0 Å². The van der Waals surface area contributed by atoms with Gasteiger partial charge in [0, 0.05) is 0 Å². The lowest BCUT2D eigenvalue weighted by molar-refractivity contribution is -0.931. The first kappa shape index (κ1) is 17.0. The molecule has 3 rings (SSSR count). The Morgan fingerprint density at radius 1 is 1.21 bits per heavy atom. The second kappa shape index (κ2) is 7.85. The number of benzene rings is 1. The third-order valence-electron chi connectivity index (χ3n) is 3.50. The van der Waals surface area contributed by atoms with Gasteiger partial charge in [-0.05, 0) is 53.0 Å². The highest BCUT2D eigenvalue weighted by molar-refractivity contribution is 7.71. The first-order valence-electron chi connectivity index (χ1n) is 7.44. The molecule has 0 saturated heterocycles. The van der Waals surface area contributed by atoms with E-state index in [1.54, 1.807) is 20.7 Å². The summed E-state index contributed by atoms with van der Waals surface area (Å²) in [7, 11) is 0. The van der Waals surface area contributed by atoms with Gasteiger partial charge in [0.05, 0.1) is 21.4 Å². The van der Waals surface area contributed by atoms with E-state index in [0.29, 0.717) is 11.4 Å². The van der Waals surface area contributed by atoms with Crippen LogP contribution in [0, 0.1) is 4.77 Å². The summed E-state index contributed by atoms with van der Waals surface area (Å²) in [5.41, 5.74) is 0.907. The monoisotopic (exact) mass is 378 g/mol. The van der Waals surface area contributed by atoms with Crippen molar-refractivity contribution in [2.75, 3.05) is 6.54 Å². The number of para-hydroxylation sites is 1. The molecule has 0 spiro atoms. The predicted molar refractivity (Wildman–Crippen MR) is 99.2 cm³/mol. The van der Waals surface area contributed by atoms with E-state index >= 15 is 0 Å². The fourth-order valence-electron chi connectivity index (χ4n) is 2.41. The first-order valence-corrected chi connectivity index (χ1v) is 9.04. The van der Waals surface area contributed by atoms with Gasteiger partial charge in [-0.3, -0.25) is 0 Å². The number of thiophene rings is 1. The van der Waals surface area contributed by atoms with Gasteiger partial charge in [-0.2, -0.15) is 9.36 Å². The minimum Gasteiger partial charge on any atom is -0.309 e. The molecule has 0 radical (unpaired) electrons. The molecule has 1 unspecified atom stereocenters. The van der Waals surface area contributed by atoms with Gasteiger partial charge in [-0.1, -0.05) is 36.4 Å². The minimum absolute atomic E-state index is 0.576. The highest BCUT2D eigenvalue weighted by Gasteiger charge is 2.14. The fraction of sp³-hybridized carbons (Fsp3) is 0.188. The lowest BCUT2D eigenvalue weighted by atomic mass is 10.3. The van der Waals surface area contributed by atoms with Crippen molar-refractivity contribution in [1.82, 2.24) is 19.8 Å². The van der Waals surface area contributed by atoms with Gasteiger partial charge in [0.15, 0.2) is 6.67 Å². The van der Waals surface area contributed by atoms with Gasteiger partial charge in [-0.25, -0.2) is 0 Å². The van der Waals surface area contributed by atoms with Gasteiger partial charge < -0.3 is 4.90 Å². The molecule has 0 saturated carbocycles. The van der Waals surface area contributed by atoms with Crippen LogP contribution in [0.1, 0.15) is 4.88 Å². The largest absolute Gasteiger partial charge is 0.309 e. The quantitative estimate of drug-likeness (QED) is 0.507. The second-order valence-corrected chi connectivity index (χ2v) is 7.46. The number of tetrazole rings is 1. The van der Waals surface area contributed by atoms with Gasteiger partial charge in [-0.15, -0.1) is 11.3 Å². The normalized spacial score (nSPS) is 12.2. The fourth-order valence-corrected chi connectivity index (χ4v) is 3.81. The molecule has 0 fully saturated rings. The van der Waals surface area contributed by atoms with Crippen LogP contribution in [0.3, 0.4) is 0 Å². The van der Waals surface area contributed by atoms with Crippen LogP contribution in [0.15, 0.2) is 55.1 Å². The molecule has 5 nitrogen and oxygen atoms in total. The van der Waals surface area contributed by atoms with E-state index < -0.39 is 0 Å². The Bertz CT molecular complexity index is 868. The zero-order valence-corrected chi connectivity index (χ0v) is 15.3. The molecular formula is C16H17ClN5S2+. The summed E-state index contributed by atoms with van der Waals surface area (Å²) in [6.45, 7) is 6.10. The third kappa shape index (κ3) is 3.99. The zero-order chi connectivity index (χ0) is 16.9. The van der Waals surface area contributed by atoms with E-state index in [2.05, 4.69) is 23.1 Å². The van der Waals surface area contributed by atoms with E-state index in [0.717, 1.165) is 23.1 Å². The summed E-state index contributed by atoms with van der Waals surface area (Å²) >= 11 is 13.1. The van der Waals surface area contributed by atoms with Crippen LogP contribution in [-0.4, -0.2) is 26.3 Å². The number of halogens is 1. The average molecular weight is 379 g/mol. The van der Waals surface area contributed by atoms with Crippen molar-refractivity contribution in [2.24, 2.45) is 0 Å². The molecule has 0 aliphatic rings. The zero-order valence-electron chi connectivity index (χ0n) is 12.9. The number of quaternary nitrogens is 1. The third-order valence-corrected chi connectivity index (χ3v) is 5.11. The summed E-state index contributed by atoms with van der Waals surface area (Å²) in [5, 5.41) is 8.39. The molecule has 24 heavy (non-hydrogen) atoms. The van der Waals surface area contributed by atoms with Crippen LogP contribution in [0.4, 0.5) is 0 Å². The average Bonchev–Trinajstić information content (AvgIpc) is 3.15. The van der Waals surface area contributed by atoms with E-state index in [4.69, 9.17) is 23.8 Å². The Hall–Kier alpha value is -1.80. The lowest BCUT2D eigenvalue weighted by Crippen LogP contribution is -3.09. The Morgan fingerprint density at radius 2 is 2.00 bits per heavy atom. The molecule has 1 N–H and O–H groups in total. The summed E-state index contributed by atoms with van der Waals surface area (Å²) in [6.07, 6.45) is 1.90. The Morgan fingerprint density at radius 3 is 2.67 bits per heavy atom. The van der Waals surface area contributed by atoms with Crippen molar-refractivity contribution < 1.29 is 4.90 Å². The predicted octanol–water partition coefficient (Wildman–Crippen LogP) is 2.74. The number of rotatable bonds is 7. The SMILES string of the molecule is C=CC[NH+](Cc1ccc(Cl)s1)Cn1nnn(-c2ccccc2)c1=S. The molecule has 0 aliphatic heterocycles. The van der Waals surface area contributed by atoms with Crippen LogP contribution in [0.2, 0.25) is 4.34 Å². The highest BCUT2D eigenvalue weighted by atomic mass is 35.5. The van der Waals surface area contributed by atoms with Crippen LogP contribution in [0.5, 0.6) is 0 Å². The van der Waals surface area contributed by atoms with Crippen LogP contribution >= 0.6 is 35.2 Å². The van der Waals surface area contributed by atoms with E-state index in [1.807, 2.05) is 42.5 Å². The van der Waals surface area contributed by atoms with E-state index in [-0.39, 0.29) is 0 Å². The number of nitrogens with zero attached hydrogens (tertiary/aromatic N) is 4. The summed E-state index contributed by atoms with van der Waals surface area (Å²) in [6, 6.07) is 13.7. The minimum atomic E-state index is 0.576. The van der Waals surface area contributed by atoms with Gasteiger partial charge >= 0.3 is 0 Å². The smallest absolute Gasteiger partial charge is 0.225 e. The summed E-state index contributed by atoms with van der Waals surface area (Å²) in [5.74, 6) is 0. The molecule has 1 atom stereocenters. The van der Waals surface area contributed by atoms with Crippen molar-refractivity contribution in [3.63, 3.8) is 0 Å². The maximum atomic E-state index is 6.02. The van der Waals surface area contributed by atoms with Crippen LogP contribution in [-0.2, 0) is 13.2 Å². The van der Waals surface area contributed by atoms with E-state index in [9.17, 15) is 0 Å². The molecule has 0 bridgehead atoms. The Balaban J connectivity index is 1.79. The Kier molecular flexibility index (Phi) is 5.57. The topological polar surface area (TPSA) is 40.1 Å². The summed E-state index contributed by atoms with van der Waals surface area (Å²) < 4.78 is 4.79. The molecule has 8 heteroatoms. The van der Waals surface area contributed by atoms with Crippen LogP contribution in [0.25, 0.3) is 5.69 Å². The number of hydrogen-bond acceptors (Lipinski definition) is 4. The summed E-state index contributed by atoms with van der Waals surface area (Å²) in [4.78, 5) is 2.48. The molecular weight excluding hydrogens is 362 g/mol. The molecule has 2 heterocycles. The molecule has 124 valence electrons. The first-order chi connectivity index (χ1) is 11.7. The maximum Gasteiger partial charge on any atom is 0.225 e. The number of aromatic nitrogens is 4. The van der Waals surface area contributed by atoms with Gasteiger partial charge in [0.1, 0.15) is 6.54 Å². The maximum absolute atomic E-state index is 6.02. The number of hydrogen-bond donors (Lipinski definition) is 1. The van der Waals surface area contributed by atoms with Crippen molar-refractivity contribution >= 4 is 35.2 Å².